The van der Waals surface area contributed by atoms with Crippen molar-refractivity contribution in [2.24, 2.45) is 0 Å². The summed E-state index contributed by atoms with van der Waals surface area (Å²) in [6, 6.07) is 1.78. The van der Waals surface area contributed by atoms with E-state index >= 15 is 0 Å². The Bertz CT molecular complexity index is 419. The molecule has 1 fully saturated rings. The van der Waals surface area contributed by atoms with Gasteiger partial charge < -0.3 is 9.80 Å². The van der Waals surface area contributed by atoms with Crippen LogP contribution < -0.4 is 4.90 Å². The summed E-state index contributed by atoms with van der Waals surface area (Å²) < 4.78 is 0. The number of halogens is 2. The van der Waals surface area contributed by atoms with Crippen LogP contribution >= 0.6 is 23.2 Å². The van der Waals surface area contributed by atoms with E-state index in [9.17, 15) is 0 Å². The minimum Gasteiger partial charge on any atom is -0.366 e. The lowest BCUT2D eigenvalue weighted by Gasteiger charge is -2.36. The molecule has 1 aliphatic heterocycles. The SMILES string of the molecule is CN(C)CCN1CCN(c2cc(Cl)nnc2Cl)CC1. The molecule has 0 radical (unpaired) electrons. The number of nitrogens with zero attached hydrogens (tertiary/aromatic N) is 5. The molecule has 0 aromatic carbocycles. The van der Waals surface area contributed by atoms with Gasteiger partial charge in [0.25, 0.3) is 0 Å². The van der Waals surface area contributed by atoms with Gasteiger partial charge in [0.15, 0.2) is 10.3 Å². The number of piperazine rings is 1. The summed E-state index contributed by atoms with van der Waals surface area (Å²) in [5, 5.41) is 8.40. The number of hydrogen-bond acceptors (Lipinski definition) is 5. The molecule has 1 aromatic heterocycles. The third kappa shape index (κ3) is 4.18. The average Bonchev–Trinajstić information content (AvgIpc) is 2.40. The lowest BCUT2D eigenvalue weighted by atomic mass is 10.3. The molecule has 2 rings (SSSR count). The summed E-state index contributed by atoms with van der Waals surface area (Å²) in [6.45, 7) is 6.13. The van der Waals surface area contributed by atoms with Gasteiger partial charge in [-0.05, 0) is 14.1 Å². The highest BCUT2D eigenvalue weighted by Crippen LogP contribution is 2.26. The largest absolute Gasteiger partial charge is 0.366 e. The third-order valence-corrected chi connectivity index (χ3v) is 3.73. The second kappa shape index (κ2) is 6.70. The summed E-state index contributed by atoms with van der Waals surface area (Å²) in [7, 11) is 4.20. The predicted molar refractivity (Wildman–Crippen MR) is 79.3 cm³/mol. The second-order valence-electron chi connectivity index (χ2n) is 4.98. The Morgan fingerprint density at radius 3 is 2.47 bits per heavy atom. The molecule has 0 N–H and O–H groups in total. The van der Waals surface area contributed by atoms with Crippen LogP contribution in [0.3, 0.4) is 0 Å². The Morgan fingerprint density at radius 1 is 1.16 bits per heavy atom. The zero-order valence-corrected chi connectivity index (χ0v) is 12.8. The van der Waals surface area contributed by atoms with Crippen molar-refractivity contribution in [2.75, 3.05) is 58.3 Å². The fraction of sp³-hybridized carbons (Fsp3) is 0.667. The second-order valence-corrected chi connectivity index (χ2v) is 5.72. The number of hydrogen-bond donors (Lipinski definition) is 0. The van der Waals surface area contributed by atoms with Gasteiger partial charge in [-0.3, -0.25) is 4.90 Å². The Balaban J connectivity index is 1.90. The summed E-state index contributed by atoms with van der Waals surface area (Å²) in [6.07, 6.45) is 0. The molecule has 0 saturated carbocycles. The summed E-state index contributed by atoms with van der Waals surface area (Å²) in [4.78, 5) is 6.88. The molecule has 2 heterocycles. The Kier molecular flexibility index (Phi) is 5.21. The molecule has 0 unspecified atom stereocenters. The molecule has 1 aliphatic rings. The van der Waals surface area contributed by atoms with Crippen molar-refractivity contribution in [2.45, 2.75) is 0 Å². The quantitative estimate of drug-likeness (QED) is 0.842. The van der Waals surface area contributed by atoms with Gasteiger partial charge in [0, 0.05) is 45.3 Å². The monoisotopic (exact) mass is 303 g/mol. The smallest absolute Gasteiger partial charge is 0.175 e. The number of anilines is 1. The van der Waals surface area contributed by atoms with E-state index in [1.807, 2.05) is 0 Å². The molecule has 1 saturated heterocycles. The first-order valence-corrected chi connectivity index (χ1v) is 7.12. The van der Waals surface area contributed by atoms with Gasteiger partial charge in [-0.1, -0.05) is 23.2 Å². The minimum atomic E-state index is 0.384. The van der Waals surface area contributed by atoms with Crippen LogP contribution in [0.5, 0.6) is 0 Å². The van der Waals surface area contributed by atoms with Crippen LogP contribution in [-0.2, 0) is 0 Å². The first kappa shape index (κ1) is 14.8. The first-order chi connectivity index (χ1) is 9.06. The molecular formula is C12H19Cl2N5. The molecule has 5 nitrogen and oxygen atoms in total. The van der Waals surface area contributed by atoms with Crippen LogP contribution in [0.25, 0.3) is 0 Å². The van der Waals surface area contributed by atoms with Crippen molar-refractivity contribution in [3.05, 3.63) is 16.4 Å². The highest BCUT2D eigenvalue weighted by molar-refractivity contribution is 6.33. The zero-order valence-electron chi connectivity index (χ0n) is 11.3. The maximum Gasteiger partial charge on any atom is 0.175 e. The summed E-state index contributed by atoms with van der Waals surface area (Å²) in [5.74, 6) is 0. The highest BCUT2D eigenvalue weighted by atomic mass is 35.5. The van der Waals surface area contributed by atoms with E-state index in [0.717, 1.165) is 45.0 Å². The number of rotatable bonds is 4. The lowest BCUT2D eigenvalue weighted by Crippen LogP contribution is -2.48. The van der Waals surface area contributed by atoms with Gasteiger partial charge in [0.1, 0.15) is 0 Å². The molecule has 0 atom stereocenters. The number of aromatic nitrogens is 2. The van der Waals surface area contributed by atoms with Crippen molar-refractivity contribution >= 4 is 28.9 Å². The van der Waals surface area contributed by atoms with Crippen molar-refractivity contribution in [1.29, 1.82) is 0 Å². The van der Waals surface area contributed by atoms with E-state index in [2.05, 4.69) is 39.0 Å². The van der Waals surface area contributed by atoms with Crippen molar-refractivity contribution in [3.63, 3.8) is 0 Å². The topological polar surface area (TPSA) is 35.5 Å². The fourth-order valence-corrected chi connectivity index (χ4v) is 2.47. The molecule has 7 heteroatoms. The standard InChI is InChI=1S/C12H19Cl2N5/c1-17(2)3-4-18-5-7-19(8-6-18)10-9-11(13)15-16-12(10)14/h9H,3-8H2,1-2H3. The molecule has 0 aliphatic carbocycles. The van der Waals surface area contributed by atoms with E-state index in [0.29, 0.717) is 10.3 Å². The van der Waals surface area contributed by atoms with Crippen LogP contribution in [0.15, 0.2) is 6.07 Å². The molecule has 1 aromatic rings. The zero-order chi connectivity index (χ0) is 13.8. The van der Waals surface area contributed by atoms with E-state index < -0.39 is 0 Å². The molecule has 0 bridgehead atoms. The minimum absolute atomic E-state index is 0.384. The van der Waals surface area contributed by atoms with E-state index in [4.69, 9.17) is 23.2 Å². The van der Waals surface area contributed by atoms with Gasteiger partial charge in [-0.15, -0.1) is 10.2 Å². The van der Waals surface area contributed by atoms with Crippen molar-refractivity contribution in [3.8, 4) is 0 Å². The van der Waals surface area contributed by atoms with E-state index in [1.54, 1.807) is 6.07 Å². The fourth-order valence-electron chi connectivity index (χ4n) is 2.12. The average molecular weight is 304 g/mol. The Labute approximate surface area is 124 Å². The van der Waals surface area contributed by atoms with Crippen LogP contribution in [0.4, 0.5) is 5.69 Å². The maximum absolute atomic E-state index is 6.07. The Hall–Kier alpha value is -0.620. The van der Waals surface area contributed by atoms with Gasteiger partial charge in [-0.25, -0.2) is 0 Å². The van der Waals surface area contributed by atoms with Crippen LogP contribution in [0.1, 0.15) is 0 Å². The predicted octanol–water partition coefficient (Wildman–Crippen LogP) is 1.47. The molecule has 106 valence electrons. The molecular weight excluding hydrogens is 285 g/mol. The van der Waals surface area contributed by atoms with Crippen LogP contribution in [0, 0.1) is 0 Å². The van der Waals surface area contributed by atoms with Gasteiger partial charge in [-0.2, -0.15) is 0 Å². The summed E-state index contributed by atoms with van der Waals surface area (Å²) >= 11 is 11.9. The maximum atomic E-state index is 6.07. The van der Waals surface area contributed by atoms with E-state index in [-0.39, 0.29) is 0 Å². The Morgan fingerprint density at radius 2 is 1.84 bits per heavy atom. The van der Waals surface area contributed by atoms with Gasteiger partial charge >= 0.3 is 0 Å². The van der Waals surface area contributed by atoms with Crippen LogP contribution in [-0.4, -0.2) is 73.4 Å². The van der Waals surface area contributed by atoms with E-state index in [1.165, 1.54) is 0 Å². The molecule has 19 heavy (non-hydrogen) atoms. The van der Waals surface area contributed by atoms with Crippen molar-refractivity contribution in [1.82, 2.24) is 20.0 Å². The third-order valence-electron chi connectivity index (χ3n) is 3.28. The van der Waals surface area contributed by atoms with Gasteiger partial charge in [0.2, 0.25) is 0 Å². The van der Waals surface area contributed by atoms with Crippen LogP contribution in [0.2, 0.25) is 10.3 Å². The highest BCUT2D eigenvalue weighted by Gasteiger charge is 2.19. The van der Waals surface area contributed by atoms with Crippen molar-refractivity contribution < 1.29 is 0 Å². The number of likely N-dealkylation sites (N-methyl/N-ethyl adjacent to an activating group) is 1. The van der Waals surface area contributed by atoms with Gasteiger partial charge in [0.05, 0.1) is 5.69 Å². The molecule has 0 spiro atoms. The summed E-state index contributed by atoms with van der Waals surface area (Å²) in [5.41, 5.74) is 0.883. The molecule has 0 amide bonds. The normalized spacial score (nSPS) is 17.2. The lowest BCUT2D eigenvalue weighted by molar-refractivity contribution is 0.229. The first-order valence-electron chi connectivity index (χ1n) is 6.37.